The summed E-state index contributed by atoms with van der Waals surface area (Å²) in [6, 6.07) is 1.74. The molecule has 0 radical (unpaired) electrons. The smallest absolute Gasteiger partial charge is 0.211 e. The SMILES string of the molecule is COc1cc(C(=O)C2CC(C)CC(C)C2)nn1C. The molecule has 1 fully saturated rings. The average Bonchev–Trinajstić information content (AvgIpc) is 2.68. The van der Waals surface area contributed by atoms with Gasteiger partial charge < -0.3 is 4.74 Å². The third-order valence-corrected chi connectivity index (χ3v) is 3.85. The van der Waals surface area contributed by atoms with Gasteiger partial charge in [0.05, 0.1) is 7.11 Å². The Labute approximate surface area is 108 Å². The van der Waals surface area contributed by atoms with Crippen molar-refractivity contribution < 1.29 is 9.53 Å². The van der Waals surface area contributed by atoms with Gasteiger partial charge in [-0.15, -0.1) is 0 Å². The van der Waals surface area contributed by atoms with E-state index in [-0.39, 0.29) is 11.7 Å². The lowest BCUT2D eigenvalue weighted by atomic mass is 9.74. The van der Waals surface area contributed by atoms with Crippen LogP contribution in [0.1, 0.15) is 43.6 Å². The van der Waals surface area contributed by atoms with E-state index in [1.165, 1.54) is 6.42 Å². The normalized spacial score (nSPS) is 28.1. The van der Waals surface area contributed by atoms with Gasteiger partial charge in [0.15, 0.2) is 5.78 Å². The molecule has 0 N–H and O–H groups in total. The molecule has 1 aliphatic carbocycles. The van der Waals surface area contributed by atoms with Crippen LogP contribution in [0.5, 0.6) is 5.88 Å². The van der Waals surface area contributed by atoms with E-state index in [0.717, 1.165) is 12.8 Å². The van der Waals surface area contributed by atoms with Gasteiger partial charge in [-0.05, 0) is 31.1 Å². The number of carbonyl (C=O) groups excluding carboxylic acids is 1. The van der Waals surface area contributed by atoms with Gasteiger partial charge in [-0.3, -0.25) is 4.79 Å². The summed E-state index contributed by atoms with van der Waals surface area (Å²) in [4.78, 5) is 12.4. The Morgan fingerprint density at radius 1 is 1.33 bits per heavy atom. The first-order valence-corrected chi connectivity index (χ1v) is 6.63. The first-order chi connectivity index (χ1) is 8.51. The molecule has 0 aliphatic heterocycles. The fourth-order valence-corrected chi connectivity index (χ4v) is 3.13. The Kier molecular flexibility index (Phi) is 3.73. The molecular weight excluding hydrogens is 228 g/mol. The van der Waals surface area contributed by atoms with Crippen LogP contribution in [0.4, 0.5) is 0 Å². The van der Waals surface area contributed by atoms with Crippen LogP contribution in [0.3, 0.4) is 0 Å². The Morgan fingerprint density at radius 2 is 1.94 bits per heavy atom. The Morgan fingerprint density at radius 3 is 2.44 bits per heavy atom. The third kappa shape index (κ3) is 2.57. The van der Waals surface area contributed by atoms with Crippen molar-refractivity contribution in [3.8, 4) is 5.88 Å². The maximum Gasteiger partial charge on any atom is 0.211 e. The lowest BCUT2D eigenvalue weighted by Gasteiger charge is -2.29. The second kappa shape index (κ2) is 5.12. The zero-order valence-electron chi connectivity index (χ0n) is 11.6. The van der Waals surface area contributed by atoms with Gasteiger partial charge in [0.25, 0.3) is 0 Å². The van der Waals surface area contributed by atoms with Gasteiger partial charge in [-0.2, -0.15) is 5.10 Å². The van der Waals surface area contributed by atoms with Crippen molar-refractivity contribution in [2.75, 3.05) is 7.11 Å². The molecular formula is C14H22N2O2. The fourth-order valence-electron chi connectivity index (χ4n) is 3.13. The number of aromatic nitrogens is 2. The molecule has 100 valence electrons. The van der Waals surface area contributed by atoms with Crippen molar-refractivity contribution in [1.82, 2.24) is 9.78 Å². The van der Waals surface area contributed by atoms with E-state index < -0.39 is 0 Å². The first kappa shape index (κ1) is 13.1. The number of rotatable bonds is 3. The van der Waals surface area contributed by atoms with Crippen LogP contribution in [0, 0.1) is 17.8 Å². The Bertz CT molecular complexity index is 429. The predicted octanol–water partition coefficient (Wildman–Crippen LogP) is 2.68. The van der Waals surface area contributed by atoms with Crippen LogP contribution in [-0.4, -0.2) is 22.7 Å². The number of hydrogen-bond donors (Lipinski definition) is 0. The molecule has 0 amide bonds. The standard InChI is InChI=1S/C14H22N2O2/c1-9-5-10(2)7-11(6-9)14(17)12-8-13(18-4)16(3)15-12/h8-11H,5-7H2,1-4H3. The van der Waals surface area contributed by atoms with Crippen LogP contribution in [0.15, 0.2) is 6.07 Å². The number of ketones is 1. The van der Waals surface area contributed by atoms with E-state index >= 15 is 0 Å². The molecule has 1 heterocycles. The summed E-state index contributed by atoms with van der Waals surface area (Å²) in [5, 5.41) is 4.25. The van der Waals surface area contributed by atoms with Gasteiger partial charge in [-0.25, -0.2) is 4.68 Å². The zero-order valence-corrected chi connectivity index (χ0v) is 11.6. The fraction of sp³-hybridized carbons (Fsp3) is 0.714. The lowest BCUT2D eigenvalue weighted by Crippen LogP contribution is -2.26. The third-order valence-electron chi connectivity index (χ3n) is 3.85. The molecule has 1 aromatic rings. The second-order valence-corrected chi connectivity index (χ2v) is 5.67. The van der Waals surface area contributed by atoms with E-state index in [1.54, 1.807) is 24.9 Å². The van der Waals surface area contributed by atoms with Crippen molar-refractivity contribution >= 4 is 5.78 Å². The van der Waals surface area contributed by atoms with Crippen LogP contribution in [0.2, 0.25) is 0 Å². The molecule has 1 saturated carbocycles. The van der Waals surface area contributed by atoms with Crippen molar-refractivity contribution in [3.05, 3.63) is 11.8 Å². The van der Waals surface area contributed by atoms with Crippen LogP contribution < -0.4 is 4.74 Å². The van der Waals surface area contributed by atoms with Gasteiger partial charge in [0.1, 0.15) is 5.69 Å². The van der Waals surface area contributed by atoms with E-state index in [4.69, 9.17) is 4.74 Å². The molecule has 18 heavy (non-hydrogen) atoms. The molecule has 0 bridgehead atoms. The summed E-state index contributed by atoms with van der Waals surface area (Å²) in [6.07, 6.45) is 3.21. The van der Waals surface area contributed by atoms with E-state index in [9.17, 15) is 4.79 Å². The highest BCUT2D eigenvalue weighted by molar-refractivity contribution is 5.96. The molecule has 1 aromatic heterocycles. The highest BCUT2D eigenvalue weighted by Gasteiger charge is 2.31. The predicted molar refractivity (Wildman–Crippen MR) is 69.8 cm³/mol. The molecule has 2 rings (SSSR count). The second-order valence-electron chi connectivity index (χ2n) is 5.67. The van der Waals surface area contributed by atoms with E-state index in [2.05, 4.69) is 18.9 Å². The van der Waals surface area contributed by atoms with Crippen LogP contribution in [-0.2, 0) is 7.05 Å². The maximum atomic E-state index is 12.4. The van der Waals surface area contributed by atoms with Crippen molar-refractivity contribution in [3.63, 3.8) is 0 Å². The summed E-state index contributed by atoms with van der Waals surface area (Å²) in [6.45, 7) is 4.46. The highest BCUT2D eigenvalue weighted by Crippen LogP contribution is 2.34. The summed E-state index contributed by atoms with van der Waals surface area (Å²) >= 11 is 0. The van der Waals surface area contributed by atoms with Gasteiger partial charge in [0.2, 0.25) is 5.88 Å². The molecule has 0 spiro atoms. The lowest BCUT2D eigenvalue weighted by molar-refractivity contribution is 0.0830. The molecule has 1 aliphatic rings. The number of aryl methyl sites for hydroxylation is 1. The molecule has 2 atom stereocenters. The summed E-state index contributed by atoms with van der Waals surface area (Å²) in [5.74, 6) is 2.20. The highest BCUT2D eigenvalue weighted by atomic mass is 16.5. The molecule has 4 heteroatoms. The monoisotopic (exact) mass is 250 g/mol. The minimum absolute atomic E-state index is 0.128. The number of hydrogen-bond acceptors (Lipinski definition) is 3. The van der Waals surface area contributed by atoms with Crippen LogP contribution >= 0.6 is 0 Å². The van der Waals surface area contributed by atoms with E-state index in [0.29, 0.717) is 23.4 Å². The number of nitrogens with zero attached hydrogens (tertiary/aromatic N) is 2. The van der Waals surface area contributed by atoms with E-state index in [1.807, 2.05) is 0 Å². The number of methoxy groups -OCH3 is 1. The zero-order chi connectivity index (χ0) is 13.3. The summed E-state index contributed by atoms with van der Waals surface area (Å²) < 4.78 is 6.77. The number of carbonyl (C=O) groups is 1. The molecule has 0 aromatic carbocycles. The summed E-state index contributed by atoms with van der Waals surface area (Å²) in [5.41, 5.74) is 0.542. The first-order valence-electron chi connectivity index (χ1n) is 6.63. The summed E-state index contributed by atoms with van der Waals surface area (Å²) in [7, 11) is 3.39. The molecule has 4 nitrogen and oxygen atoms in total. The van der Waals surface area contributed by atoms with Crippen molar-refractivity contribution in [1.29, 1.82) is 0 Å². The Balaban J connectivity index is 2.14. The quantitative estimate of drug-likeness (QED) is 0.775. The number of Topliss-reactive ketones (excluding diaryl/α,β-unsaturated/α-hetero) is 1. The molecule has 0 saturated heterocycles. The van der Waals surface area contributed by atoms with Crippen LogP contribution in [0.25, 0.3) is 0 Å². The maximum absolute atomic E-state index is 12.4. The molecule has 2 unspecified atom stereocenters. The van der Waals surface area contributed by atoms with Crippen molar-refractivity contribution in [2.24, 2.45) is 24.8 Å². The topological polar surface area (TPSA) is 44.1 Å². The van der Waals surface area contributed by atoms with Gasteiger partial charge >= 0.3 is 0 Å². The van der Waals surface area contributed by atoms with Gasteiger partial charge in [0, 0.05) is 19.0 Å². The number of ether oxygens (including phenoxy) is 1. The Hall–Kier alpha value is -1.32. The average molecular weight is 250 g/mol. The largest absolute Gasteiger partial charge is 0.481 e. The minimum Gasteiger partial charge on any atom is -0.481 e. The van der Waals surface area contributed by atoms with Crippen molar-refractivity contribution in [2.45, 2.75) is 33.1 Å². The minimum atomic E-state index is 0.128. The van der Waals surface area contributed by atoms with Gasteiger partial charge in [-0.1, -0.05) is 13.8 Å².